The van der Waals surface area contributed by atoms with Crippen LogP contribution in [0.1, 0.15) is 24.1 Å². The molecule has 1 atom stereocenters. The standard InChI is InChI=1S/C20H19NO/c1-15(21-20(22)13-16-7-3-2-4-8-16)18-12-11-17-9-5-6-10-19(17)14-18/h2-12,14-15H,13H2,1H3,(H,21,22). The summed E-state index contributed by atoms with van der Waals surface area (Å²) >= 11 is 0. The first-order valence-corrected chi connectivity index (χ1v) is 7.54. The molecule has 110 valence electrons. The van der Waals surface area contributed by atoms with Crippen LogP contribution in [0, 0.1) is 0 Å². The average molecular weight is 289 g/mol. The van der Waals surface area contributed by atoms with Crippen LogP contribution in [0.25, 0.3) is 10.8 Å². The molecular weight excluding hydrogens is 270 g/mol. The summed E-state index contributed by atoms with van der Waals surface area (Å²) in [4.78, 5) is 12.1. The van der Waals surface area contributed by atoms with Crippen LogP contribution in [0.2, 0.25) is 0 Å². The number of amides is 1. The summed E-state index contributed by atoms with van der Waals surface area (Å²) in [5.41, 5.74) is 2.16. The van der Waals surface area contributed by atoms with Gasteiger partial charge in [0.1, 0.15) is 0 Å². The number of rotatable bonds is 4. The summed E-state index contributed by atoms with van der Waals surface area (Å²) in [5.74, 6) is 0.0480. The molecule has 1 unspecified atom stereocenters. The minimum absolute atomic E-state index is 0.000758. The van der Waals surface area contributed by atoms with Crippen molar-refractivity contribution in [1.82, 2.24) is 5.32 Å². The van der Waals surface area contributed by atoms with Crippen LogP contribution in [0.3, 0.4) is 0 Å². The Kier molecular flexibility index (Phi) is 4.19. The topological polar surface area (TPSA) is 29.1 Å². The highest BCUT2D eigenvalue weighted by Crippen LogP contribution is 2.20. The third-order valence-corrected chi connectivity index (χ3v) is 3.86. The van der Waals surface area contributed by atoms with Crippen molar-refractivity contribution in [2.45, 2.75) is 19.4 Å². The Hall–Kier alpha value is -2.61. The number of carbonyl (C=O) groups excluding carboxylic acids is 1. The Bertz CT molecular complexity index is 780. The molecule has 0 aliphatic rings. The molecule has 1 amide bonds. The first-order valence-electron chi connectivity index (χ1n) is 7.54. The van der Waals surface area contributed by atoms with Gasteiger partial charge in [-0.1, -0.05) is 66.7 Å². The largest absolute Gasteiger partial charge is 0.349 e. The highest BCUT2D eigenvalue weighted by atomic mass is 16.1. The van der Waals surface area contributed by atoms with Gasteiger partial charge in [-0.15, -0.1) is 0 Å². The van der Waals surface area contributed by atoms with Gasteiger partial charge in [0.15, 0.2) is 0 Å². The highest BCUT2D eigenvalue weighted by Gasteiger charge is 2.10. The summed E-state index contributed by atoms with van der Waals surface area (Å²) in [6, 6.07) is 24.4. The normalized spacial score (nSPS) is 12.0. The second-order valence-corrected chi connectivity index (χ2v) is 5.56. The summed E-state index contributed by atoms with van der Waals surface area (Å²) in [5, 5.41) is 5.49. The molecule has 0 aliphatic heterocycles. The summed E-state index contributed by atoms with van der Waals surface area (Å²) in [6.07, 6.45) is 0.415. The van der Waals surface area contributed by atoms with Gasteiger partial charge in [-0.25, -0.2) is 0 Å². The van der Waals surface area contributed by atoms with Crippen LogP contribution >= 0.6 is 0 Å². The maximum atomic E-state index is 12.1. The molecule has 22 heavy (non-hydrogen) atoms. The lowest BCUT2D eigenvalue weighted by Gasteiger charge is -2.15. The van der Waals surface area contributed by atoms with Gasteiger partial charge in [-0.05, 0) is 34.9 Å². The van der Waals surface area contributed by atoms with Gasteiger partial charge in [0.2, 0.25) is 5.91 Å². The fraction of sp³-hybridized carbons (Fsp3) is 0.150. The molecule has 3 aromatic carbocycles. The molecule has 0 radical (unpaired) electrons. The van der Waals surface area contributed by atoms with E-state index in [1.165, 1.54) is 10.8 Å². The Morgan fingerprint density at radius 2 is 1.59 bits per heavy atom. The van der Waals surface area contributed by atoms with E-state index in [9.17, 15) is 4.79 Å². The first-order chi connectivity index (χ1) is 10.7. The monoisotopic (exact) mass is 289 g/mol. The minimum atomic E-state index is 0.000758. The predicted octanol–water partition coefficient (Wildman–Crippen LogP) is 4.26. The van der Waals surface area contributed by atoms with Crippen molar-refractivity contribution < 1.29 is 4.79 Å². The number of nitrogens with one attached hydrogen (secondary N) is 1. The Morgan fingerprint density at radius 3 is 2.36 bits per heavy atom. The Morgan fingerprint density at radius 1 is 0.909 bits per heavy atom. The van der Waals surface area contributed by atoms with E-state index in [0.29, 0.717) is 6.42 Å². The number of fused-ring (bicyclic) bond motifs is 1. The van der Waals surface area contributed by atoms with Crippen LogP contribution in [0.15, 0.2) is 72.8 Å². The second-order valence-electron chi connectivity index (χ2n) is 5.56. The van der Waals surface area contributed by atoms with Crippen molar-refractivity contribution in [2.75, 3.05) is 0 Å². The van der Waals surface area contributed by atoms with Gasteiger partial charge in [0, 0.05) is 0 Å². The van der Waals surface area contributed by atoms with Crippen molar-refractivity contribution in [3.05, 3.63) is 83.9 Å². The van der Waals surface area contributed by atoms with E-state index >= 15 is 0 Å². The third kappa shape index (κ3) is 3.34. The van der Waals surface area contributed by atoms with Crippen molar-refractivity contribution >= 4 is 16.7 Å². The molecule has 0 fully saturated rings. The van der Waals surface area contributed by atoms with E-state index < -0.39 is 0 Å². The fourth-order valence-electron chi connectivity index (χ4n) is 2.63. The predicted molar refractivity (Wildman–Crippen MR) is 90.7 cm³/mol. The lowest BCUT2D eigenvalue weighted by molar-refractivity contribution is -0.121. The molecule has 0 spiro atoms. The van der Waals surface area contributed by atoms with Crippen molar-refractivity contribution in [1.29, 1.82) is 0 Å². The van der Waals surface area contributed by atoms with Crippen molar-refractivity contribution in [2.24, 2.45) is 0 Å². The molecule has 0 saturated heterocycles. The van der Waals surface area contributed by atoms with Gasteiger partial charge >= 0.3 is 0 Å². The molecule has 0 heterocycles. The van der Waals surface area contributed by atoms with Gasteiger partial charge in [0.05, 0.1) is 12.5 Å². The Labute approximate surface area is 130 Å². The molecule has 3 aromatic rings. The molecule has 0 aromatic heterocycles. The molecule has 0 aliphatic carbocycles. The van der Waals surface area contributed by atoms with Gasteiger partial charge < -0.3 is 5.32 Å². The Balaban J connectivity index is 1.70. The number of benzene rings is 3. The molecular formula is C20H19NO. The van der Waals surface area contributed by atoms with Crippen LogP contribution in [-0.2, 0) is 11.2 Å². The van der Waals surface area contributed by atoms with E-state index in [1.807, 2.05) is 49.4 Å². The zero-order chi connectivity index (χ0) is 15.4. The molecule has 3 rings (SSSR count). The van der Waals surface area contributed by atoms with Crippen LogP contribution < -0.4 is 5.32 Å². The second kappa shape index (κ2) is 6.44. The molecule has 0 bridgehead atoms. The quantitative estimate of drug-likeness (QED) is 0.764. The molecule has 0 saturated carbocycles. The van der Waals surface area contributed by atoms with Crippen molar-refractivity contribution in [3.8, 4) is 0 Å². The van der Waals surface area contributed by atoms with Crippen LogP contribution in [-0.4, -0.2) is 5.91 Å². The number of carbonyl (C=O) groups is 1. The maximum absolute atomic E-state index is 12.1. The van der Waals surface area contributed by atoms with Gasteiger partial charge in [0.25, 0.3) is 0 Å². The van der Waals surface area contributed by atoms with E-state index in [0.717, 1.165) is 11.1 Å². The molecule has 2 heteroatoms. The van der Waals surface area contributed by atoms with Gasteiger partial charge in [-0.2, -0.15) is 0 Å². The lowest BCUT2D eigenvalue weighted by Crippen LogP contribution is -2.28. The SMILES string of the molecule is CC(NC(=O)Cc1ccccc1)c1ccc2ccccc2c1. The zero-order valence-corrected chi connectivity index (χ0v) is 12.6. The van der Waals surface area contributed by atoms with Crippen LogP contribution in [0.4, 0.5) is 0 Å². The number of hydrogen-bond donors (Lipinski definition) is 1. The van der Waals surface area contributed by atoms with Gasteiger partial charge in [-0.3, -0.25) is 4.79 Å². The highest BCUT2D eigenvalue weighted by molar-refractivity contribution is 5.83. The summed E-state index contributed by atoms with van der Waals surface area (Å²) in [6.45, 7) is 2.02. The number of hydrogen-bond acceptors (Lipinski definition) is 1. The van der Waals surface area contributed by atoms with E-state index in [-0.39, 0.29) is 11.9 Å². The van der Waals surface area contributed by atoms with E-state index in [4.69, 9.17) is 0 Å². The van der Waals surface area contributed by atoms with E-state index in [2.05, 4.69) is 35.6 Å². The lowest BCUT2D eigenvalue weighted by atomic mass is 10.0. The molecule has 1 N–H and O–H groups in total. The third-order valence-electron chi connectivity index (χ3n) is 3.86. The summed E-state index contributed by atoms with van der Waals surface area (Å²) in [7, 11) is 0. The maximum Gasteiger partial charge on any atom is 0.224 e. The zero-order valence-electron chi connectivity index (χ0n) is 12.6. The first kappa shape index (κ1) is 14.3. The van der Waals surface area contributed by atoms with Crippen molar-refractivity contribution in [3.63, 3.8) is 0 Å². The average Bonchev–Trinajstić information content (AvgIpc) is 2.55. The van der Waals surface area contributed by atoms with E-state index in [1.54, 1.807) is 0 Å². The smallest absolute Gasteiger partial charge is 0.224 e. The minimum Gasteiger partial charge on any atom is -0.349 e. The van der Waals surface area contributed by atoms with Crippen LogP contribution in [0.5, 0.6) is 0 Å². The molecule has 2 nitrogen and oxygen atoms in total. The fourth-order valence-corrected chi connectivity index (χ4v) is 2.63. The summed E-state index contributed by atoms with van der Waals surface area (Å²) < 4.78 is 0.